The van der Waals surface area contributed by atoms with Crippen molar-refractivity contribution in [3.05, 3.63) is 70.5 Å². The fourth-order valence-electron chi connectivity index (χ4n) is 4.19. The average molecular weight is 429 g/mol. The first kappa shape index (κ1) is 22.3. The molecule has 8 heteroatoms. The number of piperazine rings is 1. The molecular weight excluding hydrogens is 407 g/mol. The Kier molecular flexibility index (Phi) is 6.07. The lowest BCUT2D eigenvalue weighted by molar-refractivity contribution is -0.156. The molecule has 1 heterocycles. The van der Waals surface area contributed by atoms with Crippen LogP contribution in [0.2, 0.25) is 0 Å². The summed E-state index contributed by atoms with van der Waals surface area (Å²) in [5.74, 6) is -4.67. The van der Waals surface area contributed by atoms with Crippen molar-refractivity contribution in [2.24, 2.45) is 0 Å². The van der Waals surface area contributed by atoms with Gasteiger partial charge in [-0.25, -0.2) is 13.2 Å². The first-order chi connectivity index (χ1) is 14.7. The van der Waals surface area contributed by atoms with Gasteiger partial charge >= 0.3 is 0 Å². The van der Waals surface area contributed by atoms with Gasteiger partial charge in [0.25, 0.3) is 0 Å². The fraction of sp³-hybridized carbons (Fsp3) is 0.348. The number of benzene rings is 2. The summed E-state index contributed by atoms with van der Waals surface area (Å²) < 4.78 is 41.6. The molecule has 31 heavy (non-hydrogen) atoms. The molecule has 2 aromatic carbocycles. The number of nitrogens with zero attached hydrogens (tertiary/aromatic N) is 2. The van der Waals surface area contributed by atoms with E-state index in [9.17, 15) is 28.0 Å². The summed E-state index contributed by atoms with van der Waals surface area (Å²) in [6, 6.07) is 8.29. The lowest BCUT2D eigenvalue weighted by Gasteiger charge is -2.47. The summed E-state index contributed by atoms with van der Waals surface area (Å²) in [6.07, 6.45) is 0.452. The third-order valence-electron chi connectivity index (χ3n) is 6.15. The SMILES string of the molecule is CCC1(Cc2ccc(F)cc2)C(=O)NC(C(C)c2c(C#N)ccc(F)c2F)C(=O)N1C. The number of rotatable bonds is 5. The van der Waals surface area contributed by atoms with Gasteiger partial charge in [-0.05, 0) is 36.2 Å². The standard InChI is InChI=1S/C23H22F3N3O2/c1-4-23(11-14-5-8-16(24)9-6-14)22(31)28-20(21(30)29(23)3)13(2)18-15(12-27)7-10-17(25)19(18)26/h5-10,13,20H,4,11H2,1-3H3,(H,28,31). The van der Waals surface area contributed by atoms with Gasteiger partial charge < -0.3 is 10.2 Å². The zero-order valence-electron chi connectivity index (χ0n) is 17.4. The highest BCUT2D eigenvalue weighted by Crippen LogP contribution is 2.34. The van der Waals surface area contributed by atoms with E-state index in [4.69, 9.17) is 0 Å². The summed E-state index contributed by atoms with van der Waals surface area (Å²) in [7, 11) is 1.49. The lowest BCUT2D eigenvalue weighted by atomic mass is 9.80. The van der Waals surface area contributed by atoms with E-state index in [1.165, 1.54) is 31.0 Å². The van der Waals surface area contributed by atoms with Crippen molar-refractivity contribution in [2.75, 3.05) is 7.05 Å². The second kappa shape index (κ2) is 8.42. The largest absolute Gasteiger partial charge is 0.342 e. The van der Waals surface area contributed by atoms with E-state index in [1.807, 2.05) is 6.07 Å². The molecule has 1 aliphatic heterocycles. The van der Waals surface area contributed by atoms with E-state index in [2.05, 4.69) is 5.32 Å². The van der Waals surface area contributed by atoms with Gasteiger partial charge in [-0.1, -0.05) is 26.0 Å². The van der Waals surface area contributed by atoms with Gasteiger partial charge in [0.05, 0.1) is 11.6 Å². The maximum absolute atomic E-state index is 14.5. The summed E-state index contributed by atoms with van der Waals surface area (Å²) in [5.41, 5.74) is -0.900. The van der Waals surface area contributed by atoms with Crippen LogP contribution in [-0.2, 0) is 16.0 Å². The van der Waals surface area contributed by atoms with Crippen molar-refractivity contribution in [1.82, 2.24) is 10.2 Å². The third kappa shape index (κ3) is 3.76. The Hall–Kier alpha value is -3.34. The molecule has 2 aromatic rings. The number of amides is 2. The number of hydrogen-bond donors (Lipinski definition) is 1. The van der Waals surface area contributed by atoms with Gasteiger partial charge in [0.15, 0.2) is 11.6 Å². The number of carbonyl (C=O) groups is 2. The summed E-state index contributed by atoms with van der Waals surface area (Å²) in [5, 5.41) is 12.0. The van der Waals surface area contributed by atoms with E-state index in [-0.39, 0.29) is 24.0 Å². The normalized spacial score (nSPS) is 22.1. The van der Waals surface area contributed by atoms with Crippen LogP contribution in [0.5, 0.6) is 0 Å². The van der Waals surface area contributed by atoms with Crippen LogP contribution in [0.1, 0.15) is 42.9 Å². The molecule has 1 fully saturated rings. The molecule has 2 amide bonds. The number of halogens is 3. The average Bonchev–Trinajstić information content (AvgIpc) is 2.76. The van der Waals surface area contributed by atoms with Crippen molar-refractivity contribution >= 4 is 11.8 Å². The van der Waals surface area contributed by atoms with Crippen LogP contribution in [0.25, 0.3) is 0 Å². The van der Waals surface area contributed by atoms with Crippen LogP contribution >= 0.6 is 0 Å². The fourth-order valence-corrected chi connectivity index (χ4v) is 4.19. The Morgan fingerprint density at radius 3 is 2.39 bits per heavy atom. The molecule has 162 valence electrons. The number of likely N-dealkylation sites (N-methyl/N-ethyl adjacent to an activating group) is 1. The monoisotopic (exact) mass is 429 g/mol. The van der Waals surface area contributed by atoms with Gasteiger partial charge in [-0.3, -0.25) is 9.59 Å². The highest BCUT2D eigenvalue weighted by atomic mass is 19.2. The molecule has 0 aliphatic carbocycles. The Morgan fingerprint density at radius 2 is 1.81 bits per heavy atom. The molecule has 1 saturated heterocycles. The highest BCUT2D eigenvalue weighted by molar-refractivity contribution is 6.00. The molecule has 1 aliphatic rings. The summed E-state index contributed by atoms with van der Waals surface area (Å²) in [6.45, 7) is 3.23. The molecule has 1 N–H and O–H groups in total. The molecule has 0 spiro atoms. The molecule has 0 bridgehead atoms. The number of carbonyl (C=O) groups excluding carboxylic acids is 2. The summed E-state index contributed by atoms with van der Waals surface area (Å²) in [4.78, 5) is 27.8. The second-order valence-electron chi connectivity index (χ2n) is 7.76. The van der Waals surface area contributed by atoms with Gasteiger partial charge in [-0.15, -0.1) is 0 Å². The molecule has 5 nitrogen and oxygen atoms in total. The molecule has 3 rings (SSSR count). The third-order valence-corrected chi connectivity index (χ3v) is 6.15. The molecule has 0 saturated carbocycles. The van der Waals surface area contributed by atoms with Crippen LogP contribution in [0.15, 0.2) is 36.4 Å². The molecule has 0 aromatic heterocycles. The minimum Gasteiger partial charge on any atom is -0.342 e. The van der Waals surface area contributed by atoms with Gasteiger partial charge in [-0.2, -0.15) is 5.26 Å². The maximum Gasteiger partial charge on any atom is 0.246 e. The van der Waals surface area contributed by atoms with E-state index in [0.29, 0.717) is 5.56 Å². The predicted molar refractivity (Wildman–Crippen MR) is 107 cm³/mol. The number of nitriles is 1. The van der Waals surface area contributed by atoms with Crippen molar-refractivity contribution < 1.29 is 22.8 Å². The van der Waals surface area contributed by atoms with Crippen LogP contribution in [0, 0.1) is 28.8 Å². The highest BCUT2D eigenvalue weighted by Gasteiger charge is 2.51. The van der Waals surface area contributed by atoms with E-state index in [1.54, 1.807) is 19.1 Å². The maximum atomic E-state index is 14.5. The lowest BCUT2D eigenvalue weighted by Crippen LogP contribution is -2.71. The second-order valence-corrected chi connectivity index (χ2v) is 7.76. The first-order valence-corrected chi connectivity index (χ1v) is 9.87. The van der Waals surface area contributed by atoms with Gasteiger partial charge in [0.1, 0.15) is 17.4 Å². The topological polar surface area (TPSA) is 73.2 Å². The number of nitrogens with one attached hydrogen (secondary N) is 1. The van der Waals surface area contributed by atoms with Crippen LogP contribution in [-0.4, -0.2) is 35.3 Å². The quantitative estimate of drug-likeness (QED) is 0.792. The van der Waals surface area contributed by atoms with E-state index in [0.717, 1.165) is 12.1 Å². The molecule has 3 atom stereocenters. The summed E-state index contributed by atoms with van der Waals surface area (Å²) >= 11 is 0. The van der Waals surface area contributed by atoms with Crippen LogP contribution in [0.3, 0.4) is 0 Å². The Bertz CT molecular complexity index is 1060. The predicted octanol–water partition coefficient (Wildman–Crippen LogP) is 3.43. The molecular formula is C23H22F3N3O2. The van der Waals surface area contributed by atoms with Crippen molar-refractivity contribution in [1.29, 1.82) is 5.26 Å². The smallest absolute Gasteiger partial charge is 0.246 e. The van der Waals surface area contributed by atoms with Gasteiger partial charge in [0.2, 0.25) is 11.8 Å². The van der Waals surface area contributed by atoms with Crippen molar-refractivity contribution in [3.8, 4) is 6.07 Å². The van der Waals surface area contributed by atoms with Crippen molar-refractivity contribution in [2.45, 2.75) is 44.2 Å². The minimum atomic E-state index is -1.22. The Morgan fingerprint density at radius 1 is 1.16 bits per heavy atom. The molecule has 3 unspecified atom stereocenters. The van der Waals surface area contributed by atoms with E-state index >= 15 is 0 Å². The molecule has 0 radical (unpaired) electrons. The minimum absolute atomic E-state index is 0.102. The Balaban J connectivity index is 1.96. The van der Waals surface area contributed by atoms with Crippen LogP contribution in [0.4, 0.5) is 13.2 Å². The zero-order valence-corrected chi connectivity index (χ0v) is 17.4. The van der Waals surface area contributed by atoms with Gasteiger partial charge in [0, 0.05) is 24.9 Å². The Labute approximate surface area is 178 Å². The first-order valence-electron chi connectivity index (χ1n) is 9.87. The zero-order chi connectivity index (χ0) is 22.9. The van der Waals surface area contributed by atoms with Crippen molar-refractivity contribution in [3.63, 3.8) is 0 Å². The number of hydrogen-bond acceptors (Lipinski definition) is 3. The van der Waals surface area contributed by atoms with Crippen LogP contribution < -0.4 is 5.32 Å². The van der Waals surface area contributed by atoms with E-state index < -0.39 is 46.8 Å².